The number of urea groups is 1. The van der Waals surface area contributed by atoms with Gasteiger partial charge in [-0.1, -0.05) is 30.3 Å². The van der Waals surface area contributed by atoms with Crippen LogP contribution in [0.3, 0.4) is 0 Å². The molecule has 0 saturated heterocycles. The molecular formula is C28H21F2N3O2. The molecule has 4 aromatic carbocycles. The topological polar surface area (TPSA) is 53.9 Å². The van der Waals surface area contributed by atoms with E-state index in [-0.39, 0.29) is 24.1 Å². The van der Waals surface area contributed by atoms with Gasteiger partial charge < -0.3 is 10.1 Å². The van der Waals surface area contributed by atoms with Crippen LogP contribution in [0.4, 0.5) is 19.3 Å². The van der Waals surface area contributed by atoms with Crippen LogP contribution in [0.15, 0.2) is 108 Å². The number of anilines is 1. The molecule has 1 aliphatic rings. The van der Waals surface area contributed by atoms with Crippen molar-refractivity contribution in [3.8, 4) is 11.5 Å². The van der Waals surface area contributed by atoms with Crippen molar-refractivity contribution in [2.75, 3.05) is 11.9 Å². The highest BCUT2D eigenvalue weighted by molar-refractivity contribution is 6.07. The standard InChI is InChI=1S/C28H21F2N3O2/c29-21-10-6-19(7-11-21)26-18-33(28(34)31-23-14-12-22(30)13-15-23)32-27(26)20-8-16-25(17-9-20)35-24-4-2-1-3-5-24/h1-17,26H,18H2,(H,31,34). The molecule has 0 radical (unpaired) electrons. The average Bonchev–Trinajstić information content (AvgIpc) is 3.33. The van der Waals surface area contributed by atoms with E-state index in [1.54, 1.807) is 12.1 Å². The lowest BCUT2D eigenvalue weighted by Gasteiger charge is -2.16. The van der Waals surface area contributed by atoms with Crippen LogP contribution in [-0.2, 0) is 0 Å². The number of ether oxygens (including phenoxy) is 1. The lowest BCUT2D eigenvalue weighted by Crippen LogP contribution is -2.30. The number of hydrogen-bond donors (Lipinski definition) is 1. The molecule has 1 atom stereocenters. The summed E-state index contributed by atoms with van der Waals surface area (Å²) in [7, 11) is 0. The highest BCUT2D eigenvalue weighted by Gasteiger charge is 2.32. The second-order valence-electron chi connectivity index (χ2n) is 8.05. The van der Waals surface area contributed by atoms with E-state index >= 15 is 0 Å². The summed E-state index contributed by atoms with van der Waals surface area (Å²) in [4.78, 5) is 12.9. The zero-order chi connectivity index (χ0) is 24.2. The fourth-order valence-corrected chi connectivity index (χ4v) is 3.89. The Bertz CT molecular complexity index is 1340. The van der Waals surface area contributed by atoms with Crippen molar-refractivity contribution in [3.05, 3.63) is 126 Å². The van der Waals surface area contributed by atoms with Gasteiger partial charge in [0.15, 0.2) is 0 Å². The van der Waals surface area contributed by atoms with E-state index < -0.39 is 6.03 Å². The average molecular weight is 469 g/mol. The van der Waals surface area contributed by atoms with E-state index in [1.165, 1.54) is 41.4 Å². The van der Waals surface area contributed by atoms with Crippen molar-refractivity contribution in [1.29, 1.82) is 0 Å². The molecular weight excluding hydrogens is 448 g/mol. The number of carbonyl (C=O) groups is 1. The molecule has 35 heavy (non-hydrogen) atoms. The number of rotatable bonds is 5. The monoisotopic (exact) mass is 469 g/mol. The molecule has 2 amide bonds. The molecule has 5 rings (SSSR count). The van der Waals surface area contributed by atoms with E-state index in [0.29, 0.717) is 17.1 Å². The highest BCUT2D eigenvalue weighted by Crippen LogP contribution is 2.31. The second kappa shape index (κ2) is 9.77. The third-order valence-electron chi connectivity index (χ3n) is 5.65. The van der Waals surface area contributed by atoms with Gasteiger partial charge >= 0.3 is 6.03 Å². The van der Waals surface area contributed by atoms with Crippen LogP contribution in [0.25, 0.3) is 0 Å². The summed E-state index contributed by atoms with van der Waals surface area (Å²) >= 11 is 0. The summed E-state index contributed by atoms with van der Waals surface area (Å²) in [5.74, 6) is 0.420. The Morgan fingerprint density at radius 1 is 0.800 bits per heavy atom. The Labute approximate surface area is 201 Å². The van der Waals surface area contributed by atoms with Crippen LogP contribution < -0.4 is 10.1 Å². The van der Waals surface area contributed by atoms with Gasteiger partial charge in [-0.05, 0) is 83.9 Å². The fraction of sp³-hybridized carbons (Fsp3) is 0.0714. The lowest BCUT2D eigenvalue weighted by atomic mass is 9.90. The first-order valence-corrected chi connectivity index (χ1v) is 11.1. The van der Waals surface area contributed by atoms with Crippen molar-refractivity contribution >= 4 is 17.4 Å². The summed E-state index contributed by atoms with van der Waals surface area (Å²) in [6.45, 7) is 0.274. The first kappa shape index (κ1) is 22.3. The molecule has 174 valence electrons. The predicted octanol–water partition coefficient (Wildman–Crippen LogP) is 6.79. The lowest BCUT2D eigenvalue weighted by molar-refractivity contribution is 0.218. The Kier molecular flexibility index (Phi) is 6.22. The van der Waals surface area contributed by atoms with Gasteiger partial charge in [0, 0.05) is 11.6 Å². The van der Waals surface area contributed by atoms with Crippen molar-refractivity contribution in [1.82, 2.24) is 5.01 Å². The number of nitrogens with one attached hydrogen (secondary N) is 1. The van der Waals surface area contributed by atoms with E-state index in [2.05, 4.69) is 10.4 Å². The molecule has 5 nitrogen and oxygen atoms in total. The van der Waals surface area contributed by atoms with Gasteiger partial charge in [0.1, 0.15) is 23.1 Å². The molecule has 1 unspecified atom stereocenters. The number of para-hydroxylation sites is 1. The minimum absolute atomic E-state index is 0.254. The van der Waals surface area contributed by atoms with Crippen LogP contribution in [0.1, 0.15) is 17.0 Å². The van der Waals surface area contributed by atoms with Crippen molar-refractivity contribution in [2.24, 2.45) is 5.10 Å². The quantitative estimate of drug-likeness (QED) is 0.350. The summed E-state index contributed by atoms with van der Waals surface area (Å²) in [6.07, 6.45) is 0. The van der Waals surface area contributed by atoms with Gasteiger partial charge in [0.05, 0.1) is 12.3 Å². The maximum atomic E-state index is 13.5. The molecule has 0 saturated carbocycles. The maximum Gasteiger partial charge on any atom is 0.342 e. The summed E-state index contributed by atoms with van der Waals surface area (Å²) in [5.41, 5.74) is 2.79. The summed E-state index contributed by atoms with van der Waals surface area (Å²) in [5, 5.41) is 8.66. The van der Waals surface area contributed by atoms with Crippen LogP contribution in [0.5, 0.6) is 11.5 Å². The molecule has 0 aromatic heterocycles. The van der Waals surface area contributed by atoms with Crippen molar-refractivity contribution in [2.45, 2.75) is 5.92 Å². The van der Waals surface area contributed by atoms with E-state index in [9.17, 15) is 13.6 Å². The third-order valence-corrected chi connectivity index (χ3v) is 5.65. The molecule has 4 aromatic rings. The first-order chi connectivity index (χ1) is 17.0. The van der Waals surface area contributed by atoms with Gasteiger partial charge in [-0.25, -0.2) is 18.6 Å². The molecule has 0 fully saturated rings. The first-order valence-electron chi connectivity index (χ1n) is 11.1. The largest absolute Gasteiger partial charge is 0.457 e. The molecule has 0 bridgehead atoms. The number of nitrogens with zero attached hydrogens (tertiary/aromatic N) is 2. The van der Waals surface area contributed by atoms with Gasteiger partial charge in [-0.15, -0.1) is 0 Å². The van der Waals surface area contributed by atoms with Crippen molar-refractivity contribution in [3.63, 3.8) is 0 Å². The molecule has 1 N–H and O–H groups in total. The number of hydrazone groups is 1. The zero-order valence-corrected chi connectivity index (χ0v) is 18.6. The van der Waals surface area contributed by atoms with E-state index in [4.69, 9.17) is 4.74 Å². The maximum absolute atomic E-state index is 13.5. The zero-order valence-electron chi connectivity index (χ0n) is 18.6. The fourth-order valence-electron chi connectivity index (χ4n) is 3.89. The Morgan fingerprint density at radius 2 is 1.40 bits per heavy atom. The number of hydrogen-bond acceptors (Lipinski definition) is 3. The van der Waals surface area contributed by atoms with Gasteiger partial charge in [0.2, 0.25) is 0 Å². The number of amides is 2. The summed E-state index contributed by atoms with van der Waals surface area (Å²) in [6, 6.07) is 28.2. The second-order valence-corrected chi connectivity index (χ2v) is 8.05. The van der Waals surface area contributed by atoms with Gasteiger partial charge in [-0.2, -0.15) is 5.10 Å². The van der Waals surface area contributed by atoms with Crippen molar-refractivity contribution < 1.29 is 18.3 Å². The summed E-state index contributed by atoms with van der Waals surface area (Å²) < 4.78 is 32.6. The normalized spacial score (nSPS) is 15.0. The van der Waals surface area contributed by atoms with Crippen LogP contribution in [-0.4, -0.2) is 23.3 Å². The van der Waals surface area contributed by atoms with Crippen LogP contribution >= 0.6 is 0 Å². The molecule has 1 heterocycles. The highest BCUT2D eigenvalue weighted by atomic mass is 19.1. The molecule has 0 spiro atoms. The van der Waals surface area contributed by atoms with Gasteiger partial charge in [0.25, 0.3) is 0 Å². The molecule has 1 aliphatic heterocycles. The smallest absolute Gasteiger partial charge is 0.342 e. The molecule has 7 heteroatoms. The number of carbonyl (C=O) groups excluding carboxylic acids is 1. The number of benzene rings is 4. The SMILES string of the molecule is O=C(Nc1ccc(F)cc1)N1CC(c2ccc(F)cc2)C(c2ccc(Oc3ccccc3)cc2)=N1. The van der Waals surface area contributed by atoms with Crippen LogP contribution in [0.2, 0.25) is 0 Å². The Morgan fingerprint density at radius 3 is 2.06 bits per heavy atom. The minimum Gasteiger partial charge on any atom is -0.457 e. The van der Waals surface area contributed by atoms with Crippen LogP contribution in [0, 0.1) is 11.6 Å². The molecule has 0 aliphatic carbocycles. The Balaban J connectivity index is 1.40. The van der Waals surface area contributed by atoms with E-state index in [1.807, 2.05) is 54.6 Å². The third kappa shape index (κ3) is 5.19. The predicted molar refractivity (Wildman–Crippen MR) is 131 cm³/mol. The number of halogens is 2. The van der Waals surface area contributed by atoms with Gasteiger partial charge in [-0.3, -0.25) is 0 Å². The minimum atomic E-state index is -0.442. The Hall–Kier alpha value is -4.52. The van der Waals surface area contributed by atoms with E-state index in [0.717, 1.165) is 16.9 Å².